The molecule has 1 aromatic carbocycles. The highest BCUT2D eigenvalue weighted by atomic mass is 32.2. The number of aromatic nitrogens is 2. The summed E-state index contributed by atoms with van der Waals surface area (Å²) in [5.74, 6) is -18.0. The average molecular weight is 602 g/mol. The normalized spacial score (nSPS) is 13.2. The van der Waals surface area contributed by atoms with Crippen LogP contribution in [0.25, 0.3) is 22.6 Å². The summed E-state index contributed by atoms with van der Waals surface area (Å²) < 4.78 is 155. The second kappa shape index (κ2) is 10.6. The van der Waals surface area contributed by atoms with Crippen LogP contribution >= 0.6 is 0 Å². The van der Waals surface area contributed by atoms with Crippen LogP contribution in [0.15, 0.2) is 60.8 Å². The SMILES string of the molecule is CCOC(=O)c1c(OS(=O)(=O)C(F)(F)C(F)(F)C(F)(F)C(F)(F)F)cc(-c2ccccn2)nc1-c1ccccc1. The molecule has 2 aromatic heterocycles. The molecule has 0 atom stereocenters. The van der Waals surface area contributed by atoms with Gasteiger partial charge in [-0.05, 0) is 19.1 Å². The van der Waals surface area contributed by atoms with Gasteiger partial charge in [-0.3, -0.25) is 4.98 Å². The highest BCUT2D eigenvalue weighted by Gasteiger charge is 2.86. The third-order valence-electron chi connectivity index (χ3n) is 5.07. The standard InChI is InChI=1S/C23H15F9N2O5S/c1-2-38-19(35)17-16(39-40(36,37)23(31,32)21(26,27)20(24,25)22(28,29)30)12-15(14-10-6-7-11-33-14)34-18(17)13-8-4-3-5-9-13/h3-12H,2H2,1H3. The van der Waals surface area contributed by atoms with Crippen molar-refractivity contribution in [2.75, 3.05) is 6.61 Å². The van der Waals surface area contributed by atoms with Crippen molar-refractivity contribution in [3.8, 4) is 28.4 Å². The van der Waals surface area contributed by atoms with Gasteiger partial charge in [-0.1, -0.05) is 36.4 Å². The molecule has 7 nitrogen and oxygen atoms in total. The summed E-state index contributed by atoms with van der Waals surface area (Å²) in [6, 6.07) is 11.5. The second-order valence-corrected chi connectivity index (χ2v) is 9.32. The number of halogens is 9. The van der Waals surface area contributed by atoms with Crippen molar-refractivity contribution in [2.24, 2.45) is 0 Å². The van der Waals surface area contributed by atoms with Gasteiger partial charge in [-0.15, -0.1) is 0 Å². The molecule has 3 rings (SSSR count). The smallest absolute Gasteiger partial charge is 0.460 e. The molecule has 0 aliphatic rings. The molecule has 17 heteroatoms. The molecule has 0 bridgehead atoms. The molecule has 0 saturated carbocycles. The maximum atomic E-state index is 14.4. The van der Waals surface area contributed by atoms with Crippen LogP contribution in [0.2, 0.25) is 0 Å². The van der Waals surface area contributed by atoms with E-state index in [1.54, 1.807) is 0 Å². The van der Waals surface area contributed by atoms with Gasteiger partial charge in [0, 0.05) is 17.8 Å². The first-order valence-corrected chi connectivity index (χ1v) is 12.1. The predicted octanol–water partition coefficient (Wildman–Crippen LogP) is 6.12. The lowest BCUT2D eigenvalue weighted by molar-refractivity contribution is -0.382. The molecule has 0 spiro atoms. The molecule has 0 radical (unpaired) electrons. The molecule has 0 amide bonds. The van der Waals surface area contributed by atoms with Gasteiger partial charge in [0.2, 0.25) is 0 Å². The maximum Gasteiger partial charge on any atom is 0.460 e. The van der Waals surface area contributed by atoms with Crippen LogP contribution in [0.4, 0.5) is 39.5 Å². The van der Waals surface area contributed by atoms with Gasteiger partial charge in [0.05, 0.1) is 23.7 Å². The summed E-state index contributed by atoms with van der Waals surface area (Å²) in [4.78, 5) is 20.8. The Labute approximate surface area is 219 Å². The molecule has 0 aliphatic heterocycles. The zero-order chi connectivity index (χ0) is 30.1. The lowest BCUT2D eigenvalue weighted by Gasteiger charge is -2.32. The molecule has 216 valence electrons. The lowest BCUT2D eigenvalue weighted by atomic mass is 10.0. The molecule has 0 fully saturated rings. The van der Waals surface area contributed by atoms with Crippen molar-refractivity contribution in [1.29, 1.82) is 0 Å². The van der Waals surface area contributed by atoms with Crippen LogP contribution in [0.5, 0.6) is 5.75 Å². The Balaban J connectivity index is 2.31. The number of carbonyl (C=O) groups excluding carboxylic acids is 1. The number of nitrogens with zero attached hydrogens (tertiary/aromatic N) is 2. The van der Waals surface area contributed by atoms with E-state index in [0.717, 1.165) is 0 Å². The molecule has 3 aromatic rings. The summed E-state index contributed by atoms with van der Waals surface area (Å²) in [6.45, 7) is 0.883. The topological polar surface area (TPSA) is 95.5 Å². The van der Waals surface area contributed by atoms with E-state index >= 15 is 0 Å². The molecule has 0 saturated heterocycles. The van der Waals surface area contributed by atoms with Crippen molar-refractivity contribution in [3.63, 3.8) is 0 Å². The number of hydrogen-bond acceptors (Lipinski definition) is 7. The lowest BCUT2D eigenvalue weighted by Crippen LogP contribution is -2.63. The number of carbonyl (C=O) groups is 1. The van der Waals surface area contributed by atoms with Gasteiger partial charge >= 0.3 is 39.4 Å². The van der Waals surface area contributed by atoms with Gasteiger partial charge in [0.1, 0.15) is 5.56 Å². The van der Waals surface area contributed by atoms with E-state index in [2.05, 4.69) is 14.2 Å². The van der Waals surface area contributed by atoms with E-state index < -0.39 is 68.7 Å². The van der Waals surface area contributed by atoms with Crippen molar-refractivity contribution in [2.45, 2.75) is 30.2 Å². The number of benzene rings is 1. The largest absolute Gasteiger partial charge is 0.462 e. The van der Waals surface area contributed by atoms with Crippen molar-refractivity contribution >= 4 is 16.1 Å². The fraction of sp³-hybridized carbons (Fsp3) is 0.261. The number of rotatable bonds is 9. The summed E-state index contributed by atoms with van der Waals surface area (Å²) in [6.07, 6.45) is -6.07. The van der Waals surface area contributed by atoms with Gasteiger partial charge in [0.25, 0.3) is 0 Å². The van der Waals surface area contributed by atoms with E-state index in [1.165, 1.54) is 61.7 Å². The third-order valence-corrected chi connectivity index (χ3v) is 6.35. The molecular weight excluding hydrogens is 587 g/mol. The fourth-order valence-electron chi connectivity index (χ4n) is 3.13. The summed E-state index contributed by atoms with van der Waals surface area (Å²) in [7, 11) is -7.40. The van der Waals surface area contributed by atoms with Gasteiger partial charge in [-0.2, -0.15) is 47.9 Å². The van der Waals surface area contributed by atoms with E-state index in [4.69, 9.17) is 4.74 Å². The van der Waals surface area contributed by atoms with Crippen LogP contribution in [0.1, 0.15) is 17.3 Å². The number of pyridine rings is 2. The minimum atomic E-state index is -7.56. The van der Waals surface area contributed by atoms with Gasteiger partial charge in [0.15, 0.2) is 5.75 Å². The molecule has 40 heavy (non-hydrogen) atoms. The Morgan fingerprint density at radius 3 is 1.98 bits per heavy atom. The first-order valence-electron chi connectivity index (χ1n) is 10.7. The van der Waals surface area contributed by atoms with Crippen molar-refractivity contribution in [3.05, 3.63) is 66.4 Å². The van der Waals surface area contributed by atoms with Crippen LogP contribution in [-0.2, 0) is 14.9 Å². The minimum absolute atomic E-state index is 0.00581. The number of alkyl halides is 9. The minimum Gasteiger partial charge on any atom is -0.462 e. The predicted molar refractivity (Wildman–Crippen MR) is 119 cm³/mol. The van der Waals surface area contributed by atoms with Crippen LogP contribution < -0.4 is 4.18 Å². The molecule has 0 N–H and O–H groups in total. The Morgan fingerprint density at radius 1 is 0.850 bits per heavy atom. The Morgan fingerprint density at radius 2 is 1.45 bits per heavy atom. The van der Waals surface area contributed by atoms with Crippen molar-refractivity contribution < 1.29 is 61.6 Å². The van der Waals surface area contributed by atoms with E-state index in [-0.39, 0.29) is 11.3 Å². The maximum absolute atomic E-state index is 14.4. The number of hydrogen-bond donors (Lipinski definition) is 0. The molecular formula is C23H15F9N2O5S. The zero-order valence-corrected chi connectivity index (χ0v) is 20.5. The summed E-state index contributed by atoms with van der Waals surface area (Å²) in [5.41, 5.74) is -2.04. The van der Waals surface area contributed by atoms with Crippen LogP contribution in [-0.4, -0.2) is 54.2 Å². The van der Waals surface area contributed by atoms with E-state index in [1.807, 2.05) is 0 Å². The Bertz CT molecular complexity index is 1480. The van der Waals surface area contributed by atoms with Crippen LogP contribution in [0, 0.1) is 0 Å². The Kier molecular flexibility index (Phi) is 8.11. The zero-order valence-electron chi connectivity index (χ0n) is 19.7. The molecule has 0 aliphatic carbocycles. The molecule has 0 unspecified atom stereocenters. The highest BCUT2D eigenvalue weighted by molar-refractivity contribution is 7.88. The number of ether oxygens (including phenoxy) is 1. The fourth-order valence-corrected chi connectivity index (χ4v) is 4.04. The molecule has 2 heterocycles. The average Bonchev–Trinajstić information content (AvgIpc) is 2.88. The second-order valence-electron chi connectivity index (χ2n) is 7.73. The summed E-state index contributed by atoms with van der Waals surface area (Å²) >= 11 is 0. The van der Waals surface area contributed by atoms with E-state index in [9.17, 15) is 52.7 Å². The van der Waals surface area contributed by atoms with Crippen LogP contribution in [0.3, 0.4) is 0 Å². The first kappa shape index (κ1) is 30.6. The number of esters is 1. The van der Waals surface area contributed by atoms with E-state index in [0.29, 0.717) is 6.07 Å². The van der Waals surface area contributed by atoms with Gasteiger partial charge in [-0.25, -0.2) is 9.78 Å². The Hall–Kier alpha value is -3.89. The monoisotopic (exact) mass is 602 g/mol. The van der Waals surface area contributed by atoms with Crippen molar-refractivity contribution in [1.82, 2.24) is 9.97 Å². The quantitative estimate of drug-likeness (QED) is 0.165. The summed E-state index contributed by atoms with van der Waals surface area (Å²) in [5, 5.41) is -7.17. The highest BCUT2D eigenvalue weighted by Crippen LogP contribution is 2.55. The third kappa shape index (κ3) is 5.29. The van der Waals surface area contributed by atoms with Gasteiger partial charge < -0.3 is 8.92 Å². The first-order chi connectivity index (χ1) is 18.4.